The standard InChI is InChI=1S/C18H27FN4O3S/c1-20-7-13-23(14-8-20)27(25,26)15-6-18(24)22-11-9-21(10-12-22)17-4-2-16(19)3-5-17/h2-5H,6-15H2,1H3. The first kappa shape index (κ1) is 20.0. The molecule has 9 heteroatoms. The van der Waals surface area contributed by atoms with Gasteiger partial charge in [-0.05, 0) is 31.3 Å². The van der Waals surface area contributed by atoms with Gasteiger partial charge in [-0.2, -0.15) is 4.31 Å². The Bertz CT molecular complexity index is 740. The summed E-state index contributed by atoms with van der Waals surface area (Å²) in [5.74, 6) is -0.520. The number of likely N-dealkylation sites (N-methyl/N-ethyl adjacent to an activating group) is 1. The molecule has 2 saturated heterocycles. The lowest BCUT2D eigenvalue weighted by molar-refractivity contribution is -0.131. The Hall–Kier alpha value is -1.71. The first-order valence-electron chi connectivity index (χ1n) is 9.30. The molecule has 0 spiro atoms. The molecule has 1 aromatic carbocycles. The molecule has 0 atom stereocenters. The Balaban J connectivity index is 1.46. The molecular weight excluding hydrogens is 371 g/mol. The molecule has 2 aliphatic heterocycles. The summed E-state index contributed by atoms with van der Waals surface area (Å²) in [4.78, 5) is 18.4. The number of carbonyl (C=O) groups is 1. The van der Waals surface area contributed by atoms with E-state index in [1.165, 1.54) is 16.4 Å². The molecule has 7 nitrogen and oxygen atoms in total. The predicted octanol–water partition coefficient (Wildman–Crippen LogP) is 0.442. The Labute approximate surface area is 160 Å². The summed E-state index contributed by atoms with van der Waals surface area (Å²) < 4.78 is 39.4. The Morgan fingerprint density at radius 1 is 0.963 bits per heavy atom. The van der Waals surface area contributed by atoms with E-state index in [9.17, 15) is 17.6 Å². The van der Waals surface area contributed by atoms with E-state index in [1.54, 1.807) is 17.0 Å². The SMILES string of the molecule is CN1CCN(S(=O)(=O)CCC(=O)N2CCN(c3ccc(F)cc3)CC2)CC1. The molecule has 0 aliphatic carbocycles. The zero-order chi connectivity index (χ0) is 19.4. The van der Waals surface area contributed by atoms with Crippen LogP contribution in [-0.4, -0.2) is 93.6 Å². The van der Waals surface area contributed by atoms with Crippen molar-refractivity contribution in [2.24, 2.45) is 0 Å². The van der Waals surface area contributed by atoms with Crippen LogP contribution in [0.1, 0.15) is 6.42 Å². The van der Waals surface area contributed by atoms with Crippen LogP contribution in [-0.2, 0) is 14.8 Å². The fraction of sp³-hybridized carbons (Fsp3) is 0.611. The number of hydrogen-bond donors (Lipinski definition) is 0. The minimum absolute atomic E-state index is 0.0191. The van der Waals surface area contributed by atoms with Gasteiger partial charge >= 0.3 is 0 Å². The number of carbonyl (C=O) groups excluding carboxylic acids is 1. The molecule has 0 N–H and O–H groups in total. The van der Waals surface area contributed by atoms with Gasteiger partial charge in [0.15, 0.2) is 0 Å². The van der Waals surface area contributed by atoms with Crippen molar-refractivity contribution in [1.82, 2.24) is 14.1 Å². The van der Waals surface area contributed by atoms with Gasteiger partial charge in [0, 0.05) is 64.5 Å². The largest absolute Gasteiger partial charge is 0.368 e. The van der Waals surface area contributed by atoms with Gasteiger partial charge in [0.25, 0.3) is 0 Å². The molecule has 1 aromatic rings. The lowest BCUT2D eigenvalue weighted by atomic mass is 10.2. The summed E-state index contributed by atoms with van der Waals surface area (Å²) in [6.45, 7) is 4.82. The summed E-state index contributed by atoms with van der Waals surface area (Å²) >= 11 is 0. The molecule has 2 aliphatic rings. The van der Waals surface area contributed by atoms with E-state index in [-0.39, 0.29) is 23.9 Å². The van der Waals surface area contributed by atoms with E-state index < -0.39 is 10.0 Å². The van der Waals surface area contributed by atoms with Crippen molar-refractivity contribution in [2.45, 2.75) is 6.42 Å². The van der Waals surface area contributed by atoms with Gasteiger partial charge in [-0.15, -0.1) is 0 Å². The first-order valence-corrected chi connectivity index (χ1v) is 10.9. The van der Waals surface area contributed by atoms with Crippen molar-refractivity contribution >= 4 is 21.6 Å². The number of anilines is 1. The van der Waals surface area contributed by atoms with Crippen molar-refractivity contribution in [3.05, 3.63) is 30.1 Å². The third kappa shape index (κ3) is 5.18. The Kier molecular flexibility index (Phi) is 6.33. The van der Waals surface area contributed by atoms with Crippen molar-refractivity contribution in [3.63, 3.8) is 0 Å². The molecule has 0 radical (unpaired) electrons. The summed E-state index contributed by atoms with van der Waals surface area (Å²) in [7, 11) is -1.41. The Morgan fingerprint density at radius 2 is 1.56 bits per heavy atom. The van der Waals surface area contributed by atoms with Crippen LogP contribution in [0.25, 0.3) is 0 Å². The number of sulfonamides is 1. The van der Waals surface area contributed by atoms with Gasteiger partial charge in [0.05, 0.1) is 5.75 Å². The van der Waals surface area contributed by atoms with E-state index in [2.05, 4.69) is 9.80 Å². The smallest absolute Gasteiger partial charge is 0.223 e. The Morgan fingerprint density at radius 3 is 2.15 bits per heavy atom. The number of amides is 1. The second-order valence-electron chi connectivity index (χ2n) is 7.11. The number of rotatable bonds is 5. The highest BCUT2D eigenvalue weighted by Gasteiger charge is 2.28. The van der Waals surface area contributed by atoms with Gasteiger partial charge in [-0.1, -0.05) is 0 Å². The van der Waals surface area contributed by atoms with Crippen LogP contribution < -0.4 is 4.90 Å². The third-order valence-electron chi connectivity index (χ3n) is 5.25. The minimum atomic E-state index is -3.39. The van der Waals surface area contributed by atoms with Crippen molar-refractivity contribution in [2.75, 3.05) is 70.1 Å². The highest BCUT2D eigenvalue weighted by molar-refractivity contribution is 7.89. The number of hydrogen-bond acceptors (Lipinski definition) is 5. The van der Waals surface area contributed by atoms with Gasteiger partial charge in [0.1, 0.15) is 5.82 Å². The van der Waals surface area contributed by atoms with Crippen molar-refractivity contribution in [3.8, 4) is 0 Å². The molecular formula is C18H27FN4O3S. The van der Waals surface area contributed by atoms with E-state index in [1.807, 2.05) is 7.05 Å². The highest BCUT2D eigenvalue weighted by Crippen LogP contribution is 2.17. The molecule has 27 heavy (non-hydrogen) atoms. The van der Waals surface area contributed by atoms with Gasteiger partial charge in [0.2, 0.25) is 15.9 Å². The average Bonchev–Trinajstić information content (AvgIpc) is 2.67. The predicted molar refractivity (Wildman–Crippen MR) is 103 cm³/mol. The fourth-order valence-corrected chi connectivity index (χ4v) is 4.85. The van der Waals surface area contributed by atoms with E-state index in [0.29, 0.717) is 39.3 Å². The average molecular weight is 399 g/mol. The number of piperazine rings is 2. The normalized spacial score (nSPS) is 20.1. The summed E-state index contributed by atoms with van der Waals surface area (Å²) in [5.41, 5.74) is 0.932. The third-order valence-corrected chi connectivity index (χ3v) is 7.13. The maximum absolute atomic E-state index is 13.0. The zero-order valence-corrected chi connectivity index (χ0v) is 16.5. The molecule has 2 fully saturated rings. The molecule has 150 valence electrons. The number of nitrogens with zero attached hydrogens (tertiary/aromatic N) is 4. The van der Waals surface area contributed by atoms with Crippen molar-refractivity contribution < 1.29 is 17.6 Å². The van der Waals surface area contributed by atoms with Gasteiger partial charge in [-0.3, -0.25) is 4.79 Å². The molecule has 3 rings (SSSR count). The summed E-state index contributed by atoms with van der Waals surface area (Å²) in [5, 5.41) is 0. The van der Waals surface area contributed by atoms with Crippen LogP contribution in [0.5, 0.6) is 0 Å². The second kappa shape index (κ2) is 8.53. The zero-order valence-electron chi connectivity index (χ0n) is 15.7. The summed E-state index contributed by atoms with van der Waals surface area (Å²) in [6.07, 6.45) is 0.0191. The minimum Gasteiger partial charge on any atom is -0.368 e. The lowest BCUT2D eigenvalue weighted by Crippen LogP contribution is -2.50. The van der Waals surface area contributed by atoms with Crippen LogP contribution in [0, 0.1) is 5.82 Å². The number of benzene rings is 1. The van der Waals surface area contributed by atoms with E-state index in [0.717, 1.165) is 18.8 Å². The molecule has 1 amide bonds. The molecule has 0 aromatic heterocycles. The first-order chi connectivity index (χ1) is 12.8. The van der Waals surface area contributed by atoms with Gasteiger partial charge in [-0.25, -0.2) is 12.8 Å². The fourth-order valence-electron chi connectivity index (χ4n) is 3.44. The van der Waals surface area contributed by atoms with Gasteiger partial charge < -0.3 is 14.7 Å². The molecule has 0 saturated carbocycles. The molecule has 0 unspecified atom stereocenters. The number of halogens is 1. The molecule has 0 bridgehead atoms. The van der Waals surface area contributed by atoms with Crippen LogP contribution in [0.3, 0.4) is 0 Å². The van der Waals surface area contributed by atoms with Crippen LogP contribution in [0.15, 0.2) is 24.3 Å². The van der Waals surface area contributed by atoms with E-state index >= 15 is 0 Å². The monoisotopic (exact) mass is 398 g/mol. The van der Waals surface area contributed by atoms with Crippen molar-refractivity contribution in [1.29, 1.82) is 0 Å². The quantitative estimate of drug-likeness (QED) is 0.720. The van der Waals surface area contributed by atoms with Crippen LogP contribution in [0.4, 0.5) is 10.1 Å². The lowest BCUT2D eigenvalue weighted by Gasteiger charge is -2.36. The molecule has 2 heterocycles. The second-order valence-corrected chi connectivity index (χ2v) is 9.20. The van der Waals surface area contributed by atoms with Crippen LogP contribution >= 0.6 is 0 Å². The van der Waals surface area contributed by atoms with E-state index in [4.69, 9.17) is 0 Å². The highest BCUT2D eigenvalue weighted by atomic mass is 32.2. The van der Waals surface area contributed by atoms with Crippen LogP contribution in [0.2, 0.25) is 0 Å². The maximum Gasteiger partial charge on any atom is 0.223 e. The maximum atomic E-state index is 13.0. The topological polar surface area (TPSA) is 64.2 Å². The summed E-state index contributed by atoms with van der Waals surface area (Å²) in [6, 6.07) is 6.32.